The number of hydrogen-bond acceptors (Lipinski definition) is 5. The molecule has 2 aromatic carbocycles. The number of benzene rings is 2. The summed E-state index contributed by atoms with van der Waals surface area (Å²) in [7, 11) is -3.13. The second kappa shape index (κ2) is 8.11. The van der Waals surface area contributed by atoms with E-state index in [1.807, 2.05) is 13.8 Å². The van der Waals surface area contributed by atoms with Gasteiger partial charge in [-0.05, 0) is 50.2 Å². The number of carbonyl (C=O) groups excluding carboxylic acids is 2. The average Bonchev–Trinajstić information content (AvgIpc) is 2.62. The van der Waals surface area contributed by atoms with Gasteiger partial charge in [-0.15, -0.1) is 4.47 Å². The zero-order chi connectivity index (χ0) is 19.3. The van der Waals surface area contributed by atoms with E-state index >= 15 is 0 Å². The number of sulfonamides is 1. The van der Waals surface area contributed by atoms with Gasteiger partial charge in [0.25, 0.3) is 21.8 Å². The molecule has 0 fully saturated rings. The van der Waals surface area contributed by atoms with Crippen LogP contribution >= 0.6 is 0 Å². The SMILES string of the molecule is CON(C(=O)c1ccccc1)S(=O)(=O)c1ccc(C(=O)NC(C)C)cc1. The lowest BCUT2D eigenvalue weighted by molar-refractivity contribution is -0.0284. The molecular formula is C18H20N2O5S. The molecule has 0 atom stereocenters. The molecular weight excluding hydrogens is 356 g/mol. The van der Waals surface area contributed by atoms with E-state index in [2.05, 4.69) is 5.32 Å². The largest absolute Gasteiger partial charge is 0.350 e. The Morgan fingerprint density at radius 1 is 0.962 bits per heavy atom. The molecule has 0 unspecified atom stereocenters. The lowest BCUT2D eigenvalue weighted by Crippen LogP contribution is -2.36. The van der Waals surface area contributed by atoms with Crippen molar-refractivity contribution in [1.82, 2.24) is 9.79 Å². The quantitative estimate of drug-likeness (QED) is 0.781. The van der Waals surface area contributed by atoms with Crippen molar-refractivity contribution in [1.29, 1.82) is 0 Å². The van der Waals surface area contributed by atoms with E-state index in [0.717, 1.165) is 7.11 Å². The first-order chi connectivity index (χ1) is 12.3. The zero-order valence-electron chi connectivity index (χ0n) is 14.7. The highest BCUT2D eigenvalue weighted by molar-refractivity contribution is 7.89. The molecule has 0 saturated heterocycles. The predicted molar refractivity (Wildman–Crippen MR) is 95.9 cm³/mol. The highest BCUT2D eigenvalue weighted by Gasteiger charge is 2.31. The highest BCUT2D eigenvalue weighted by Crippen LogP contribution is 2.19. The van der Waals surface area contributed by atoms with Gasteiger partial charge in [0.2, 0.25) is 0 Å². The minimum Gasteiger partial charge on any atom is -0.350 e. The molecule has 2 rings (SSSR count). The van der Waals surface area contributed by atoms with Gasteiger partial charge in [-0.25, -0.2) is 0 Å². The fourth-order valence-corrected chi connectivity index (χ4v) is 3.39. The standard InChI is InChI=1S/C18H20N2O5S/c1-13(2)19-17(21)14-9-11-16(12-10-14)26(23,24)20(25-3)18(22)15-7-5-4-6-8-15/h4-13H,1-3H3,(H,19,21). The Bertz CT molecular complexity index is 878. The maximum Gasteiger partial charge on any atom is 0.292 e. The van der Waals surface area contributed by atoms with E-state index in [1.54, 1.807) is 18.2 Å². The van der Waals surface area contributed by atoms with Crippen molar-refractivity contribution in [3.63, 3.8) is 0 Å². The van der Waals surface area contributed by atoms with E-state index in [9.17, 15) is 18.0 Å². The van der Waals surface area contributed by atoms with Crippen LogP contribution in [-0.2, 0) is 14.9 Å². The number of rotatable bonds is 6. The van der Waals surface area contributed by atoms with Crippen LogP contribution in [0.5, 0.6) is 0 Å². The summed E-state index contributed by atoms with van der Waals surface area (Å²) < 4.78 is 25.8. The Morgan fingerprint density at radius 3 is 2.04 bits per heavy atom. The number of nitrogens with one attached hydrogen (secondary N) is 1. The van der Waals surface area contributed by atoms with Gasteiger partial charge in [-0.3, -0.25) is 14.4 Å². The van der Waals surface area contributed by atoms with Crippen LogP contribution in [0.2, 0.25) is 0 Å². The third kappa shape index (κ3) is 4.27. The van der Waals surface area contributed by atoms with Crippen molar-refractivity contribution in [2.24, 2.45) is 0 Å². The Hall–Kier alpha value is -2.71. The normalized spacial score (nSPS) is 11.2. The number of carbonyl (C=O) groups is 2. The van der Waals surface area contributed by atoms with E-state index < -0.39 is 15.9 Å². The van der Waals surface area contributed by atoms with Gasteiger partial charge in [-0.2, -0.15) is 8.42 Å². The molecule has 0 saturated carbocycles. The van der Waals surface area contributed by atoms with E-state index in [1.165, 1.54) is 36.4 Å². The van der Waals surface area contributed by atoms with Crippen LogP contribution in [0.3, 0.4) is 0 Å². The van der Waals surface area contributed by atoms with Crippen LogP contribution in [0.1, 0.15) is 34.6 Å². The average molecular weight is 376 g/mol. The second-order valence-corrected chi connectivity index (χ2v) is 7.49. The summed E-state index contributed by atoms with van der Waals surface area (Å²) in [6, 6.07) is 13.2. The van der Waals surface area contributed by atoms with Crippen molar-refractivity contribution in [2.75, 3.05) is 7.11 Å². The van der Waals surface area contributed by atoms with Crippen molar-refractivity contribution >= 4 is 21.8 Å². The molecule has 8 heteroatoms. The topological polar surface area (TPSA) is 92.8 Å². The first-order valence-corrected chi connectivity index (χ1v) is 9.31. The Kier molecular flexibility index (Phi) is 6.12. The summed E-state index contributed by atoms with van der Waals surface area (Å²) in [4.78, 5) is 29.1. The third-order valence-electron chi connectivity index (χ3n) is 3.40. The summed E-state index contributed by atoms with van der Waals surface area (Å²) in [6.45, 7) is 3.64. The number of amides is 2. The van der Waals surface area contributed by atoms with Gasteiger partial charge in [-0.1, -0.05) is 18.2 Å². The van der Waals surface area contributed by atoms with Crippen LogP contribution in [0.25, 0.3) is 0 Å². The summed E-state index contributed by atoms with van der Waals surface area (Å²) in [5.74, 6) is -1.12. The smallest absolute Gasteiger partial charge is 0.292 e. The summed E-state index contributed by atoms with van der Waals surface area (Å²) in [5, 5.41) is 2.71. The fraction of sp³-hybridized carbons (Fsp3) is 0.222. The van der Waals surface area contributed by atoms with Crippen LogP contribution in [0.15, 0.2) is 59.5 Å². The summed E-state index contributed by atoms with van der Waals surface area (Å²) >= 11 is 0. The van der Waals surface area contributed by atoms with Crippen molar-refractivity contribution in [3.8, 4) is 0 Å². The first kappa shape index (κ1) is 19.6. The van der Waals surface area contributed by atoms with Crippen molar-refractivity contribution in [3.05, 3.63) is 65.7 Å². The third-order valence-corrected chi connectivity index (χ3v) is 5.02. The van der Waals surface area contributed by atoms with Gasteiger partial charge in [0.05, 0.1) is 12.0 Å². The molecule has 2 amide bonds. The molecule has 7 nitrogen and oxygen atoms in total. The highest BCUT2D eigenvalue weighted by atomic mass is 32.2. The molecule has 138 valence electrons. The Labute approximate surface area is 152 Å². The van der Waals surface area contributed by atoms with Crippen LogP contribution in [-0.4, -0.2) is 37.9 Å². The van der Waals surface area contributed by atoms with E-state index in [4.69, 9.17) is 4.84 Å². The lowest BCUT2D eigenvalue weighted by Gasteiger charge is -2.19. The van der Waals surface area contributed by atoms with Crippen molar-refractivity contribution in [2.45, 2.75) is 24.8 Å². The van der Waals surface area contributed by atoms with E-state index in [-0.39, 0.29) is 22.4 Å². The molecule has 0 aliphatic rings. The number of hydroxylamine groups is 1. The molecule has 26 heavy (non-hydrogen) atoms. The molecule has 1 N–H and O–H groups in total. The zero-order valence-corrected chi connectivity index (χ0v) is 15.5. The van der Waals surface area contributed by atoms with Crippen LogP contribution < -0.4 is 5.32 Å². The molecule has 0 heterocycles. The maximum absolute atomic E-state index is 12.7. The van der Waals surface area contributed by atoms with Gasteiger partial charge >= 0.3 is 0 Å². The molecule has 0 radical (unpaired) electrons. The summed E-state index contributed by atoms with van der Waals surface area (Å²) in [5.41, 5.74) is 0.488. The van der Waals surface area contributed by atoms with Gasteiger partial charge < -0.3 is 5.32 Å². The fourth-order valence-electron chi connectivity index (χ4n) is 2.20. The maximum atomic E-state index is 12.7. The summed E-state index contributed by atoms with van der Waals surface area (Å²) in [6.07, 6.45) is 0. The first-order valence-electron chi connectivity index (χ1n) is 7.87. The van der Waals surface area contributed by atoms with Crippen molar-refractivity contribution < 1.29 is 22.8 Å². The molecule has 0 aliphatic heterocycles. The van der Waals surface area contributed by atoms with Crippen LogP contribution in [0, 0.1) is 0 Å². The number of nitrogens with zero attached hydrogens (tertiary/aromatic N) is 1. The molecule has 0 aliphatic carbocycles. The number of hydrogen-bond donors (Lipinski definition) is 1. The van der Waals surface area contributed by atoms with Crippen LogP contribution in [0.4, 0.5) is 0 Å². The minimum absolute atomic E-state index is 0.0432. The monoisotopic (exact) mass is 376 g/mol. The Balaban J connectivity index is 2.30. The van der Waals surface area contributed by atoms with Gasteiger partial charge in [0.1, 0.15) is 0 Å². The molecule has 0 spiro atoms. The molecule has 2 aromatic rings. The molecule has 0 bridgehead atoms. The lowest BCUT2D eigenvalue weighted by atomic mass is 10.2. The molecule has 0 aromatic heterocycles. The minimum atomic E-state index is -4.23. The second-order valence-electron chi connectivity index (χ2n) is 5.74. The van der Waals surface area contributed by atoms with Gasteiger partial charge in [0, 0.05) is 17.2 Å². The Morgan fingerprint density at radius 2 is 1.54 bits per heavy atom. The van der Waals surface area contributed by atoms with E-state index in [0.29, 0.717) is 10.0 Å². The predicted octanol–water partition coefficient (Wildman–Crippen LogP) is 2.22. The van der Waals surface area contributed by atoms with Gasteiger partial charge in [0.15, 0.2) is 0 Å².